The molecule has 106 valence electrons. The van der Waals surface area contributed by atoms with Gasteiger partial charge in [0, 0.05) is 18.7 Å². The maximum atomic E-state index is 13.0. The molecule has 4 heteroatoms. The summed E-state index contributed by atoms with van der Waals surface area (Å²) in [5, 5.41) is 3.39. The van der Waals surface area contributed by atoms with Gasteiger partial charge in [0.05, 0.1) is 0 Å². The first kappa shape index (κ1) is 14.4. The number of nitrogens with one attached hydrogen (secondary N) is 1. The summed E-state index contributed by atoms with van der Waals surface area (Å²) in [6.07, 6.45) is 4.48. The van der Waals surface area contributed by atoms with Crippen molar-refractivity contribution < 1.29 is 8.78 Å². The van der Waals surface area contributed by atoms with Crippen LogP contribution in [-0.4, -0.2) is 37.6 Å². The van der Waals surface area contributed by atoms with Crippen molar-refractivity contribution in [2.45, 2.75) is 31.7 Å². The van der Waals surface area contributed by atoms with E-state index in [1.165, 1.54) is 37.9 Å². The van der Waals surface area contributed by atoms with Crippen molar-refractivity contribution in [1.29, 1.82) is 0 Å². The Balaban J connectivity index is 1.71. The average molecular weight is 268 g/mol. The summed E-state index contributed by atoms with van der Waals surface area (Å²) in [5.41, 5.74) is 0.710. The van der Waals surface area contributed by atoms with Crippen LogP contribution in [0.15, 0.2) is 18.2 Å². The molecule has 0 saturated carbocycles. The van der Waals surface area contributed by atoms with E-state index < -0.39 is 11.6 Å². The Bertz CT molecular complexity index is 389. The zero-order chi connectivity index (χ0) is 13.7. The Labute approximate surface area is 113 Å². The van der Waals surface area contributed by atoms with Gasteiger partial charge in [-0.3, -0.25) is 0 Å². The second-order valence-electron chi connectivity index (χ2n) is 5.36. The predicted octanol–water partition coefficient (Wildman–Crippen LogP) is 2.58. The Morgan fingerprint density at radius 3 is 2.63 bits per heavy atom. The summed E-state index contributed by atoms with van der Waals surface area (Å²) in [5.74, 6) is -0.996. The molecule has 2 nitrogen and oxygen atoms in total. The van der Waals surface area contributed by atoms with Gasteiger partial charge in [0.2, 0.25) is 0 Å². The predicted molar refractivity (Wildman–Crippen MR) is 73.2 cm³/mol. The van der Waals surface area contributed by atoms with Crippen LogP contribution in [-0.2, 0) is 6.42 Å². The van der Waals surface area contributed by atoms with Gasteiger partial charge in [-0.2, -0.15) is 0 Å². The molecule has 1 aromatic carbocycles. The summed E-state index contributed by atoms with van der Waals surface area (Å²) >= 11 is 0. The topological polar surface area (TPSA) is 15.3 Å². The molecule has 2 rings (SSSR count). The smallest absolute Gasteiger partial charge is 0.126 e. The van der Waals surface area contributed by atoms with Gasteiger partial charge in [0.1, 0.15) is 11.6 Å². The highest BCUT2D eigenvalue weighted by atomic mass is 19.1. The highest BCUT2D eigenvalue weighted by Gasteiger charge is 2.17. The third-order valence-electron chi connectivity index (χ3n) is 3.81. The largest absolute Gasteiger partial charge is 0.315 e. The van der Waals surface area contributed by atoms with Gasteiger partial charge in [-0.15, -0.1) is 0 Å². The zero-order valence-corrected chi connectivity index (χ0v) is 11.5. The lowest BCUT2D eigenvalue weighted by Gasteiger charge is -2.32. The molecule has 1 saturated heterocycles. The third kappa shape index (κ3) is 4.55. The van der Waals surface area contributed by atoms with Gasteiger partial charge in [0.15, 0.2) is 0 Å². The van der Waals surface area contributed by atoms with Crippen molar-refractivity contribution >= 4 is 0 Å². The van der Waals surface area contributed by atoms with Crippen LogP contribution in [0.2, 0.25) is 0 Å². The molecule has 1 aromatic rings. The quantitative estimate of drug-likeness (QED) is 0.826. The van der Waals surface area contributed by atoms with Gasteiger partial charge < -0.3 is 10.2 Å². The summed E-state index contributed by atoms with van der Waals surface area (Å²) in [7, 11) is 2.16. The van der Waals surface area contributed by atoms with Gasteiger partial charge in [-0.25, -0.2) is 8.78 Å². The number of hydrogen-bond donors (Lipinski definition) is 1. The van der Waals surface area contributed by atoms with Gasteiger partial charge in [-0.05, 0) is 57.1 Å². The fourth-order valence-corrected chi connectivity index (χ4v) is 2.66. The van der Waals surface area contributed by atoms with Crippen LogP contribution in [0.1, 0.15) is 24.8 Å². The third-order valence-corrected chi connectivity index (χ3v) is 3.81. The molecule has 0 bridgehead atoms. The molecule has 1 N–H and O–H groups in total. The van der Waals surface area contributed by atoms with E-state index in [1.807, 2.05) is 0 Å². The lowest BCUT2D eigenvalue weighted by Crippen LogP contribution is -2.43. The maximum Gasteiger partial charge on any atom is 0.126 e. The fraction of sp³-hybridized carbons (Fsp3) is 0.600. The van der Waals surface area contributed by atoms with Gasteiger partial charge in [0.25, 0.3) is 0 Å². The fourth-order valence-electron chi connectivity index (χ4n) is 2.66. The number of nitrogens with zero attached hydrogens (tertiary/aromatic N) is 1. The number of halogens is 2. The van der Waals surface area contributed by atoms with Gasteiger partial charge in [-0.1, -0.05) is 6.42 Å². The molecule has 1 atom stereocenters. The minimum Gasteiger partial charge on any atom is -0.315 e. The minimum absolute atomic E-state index is 0.498. The Morgan fingerprint density at radius 2 is 1.95 bits per heavy atom. The van der Waals surface area contributed by atoms with Crippen LogP contribution in [0.5, 0.6) is 0 Å². The first-order valence-electron chi connectivity index (χ1n) is 7.01. The monoisotopic (exact) mass is 268 g/mol. The van der Waals surface area contributed by atoms with Crippen molar-refractivity contribution in [3.63, 3.8) is 0 Å². The number of piperidine rings is 1. The number of likely N-dealkylation sites (tertiary alicyclic amines) is 1. The standard InChI is InChI=1S/C15H22F2N2/c1-19-7-3-2-4-15(19)11-18-6-5-12-8-13(16)10-14(17)9-12/h8-10,15,18H,2-7,11H2,1H3. The number of rotatable bonds is 5. The van der Waals surface area contributed by atoms with Crippen LogP contribution < -0.4 is 5.32 Å². The van der Waals surface area contributed by atoms with Crippen molar-refractivity contribution in [2.75, 3.05) is 26.7 Å². The van der Waals surface area contributed by atoms with Crippen LogP contribution in [0.3, 0.4) is 0 Å². The lowest BCUT2D eigenvalue weighted by atomic mass is 10.0. The highest BCUT2D eigenvalue weighted by molar-refractivity contribution is 5.18. The van der Waals surface area contributed by atoms with Crippen LogP contribution >= 0.6 is 0 Å². The SMILES string of the molecule is CN1CCCCC1CNCCc1cc(F)cc(F)c1. The van der Waals surface area contributed by atoms with E-state index in [0.717, 1.165) is 19.2 Å². The molecule has 0 amide bonds. The molecular formula is C15H22F2N2. The zero-order valence-electron chi connectivity index (χ0n) is 11.5. The van der Waals surface area contributed by atoms with Crippen molar-refractivity contribution in [3.8, 4) is 0 Å². The number of benzene rings is 1. The molecule has 1 fully saturated rings. The molecule has 1 aliphatic heterocycles. The van der Waals surface area contributed by atoms with E-state index in [-0.39, 0.29) is 0 Å². The number of likely N-dealkylation sites (N-methyl/N-ethyl adjacent to an activating group) is 1. The molecule has 1 unspecified atom stereocenters. The van der Waals surface area contributed by atoms with Crippen LogP contribution in [0.25, 0.3) is 0 Å². The first-order valence-corrected chi connectivity index (χ1v) is 7.01. The number of hydrogen-bond acceptors (Lipinski definition) is 2. The van der Waals surface area contributed by atoms with E-state index >= 15 is 0 Å². The Kier molecular flexibility index (Phi) is 5.28. The van der Waals surface area contributed by atoms with Crippen LogP contribution in [0.4, 0.5) is 8.78 Å². The molecular weight excluding hydrogens is 246 g/mol. The molecule has 0 spiro atoms. The maximum absolute atomic E-state index is 13.0. The van der Waals surface area contributed by atoms with E-state index in [2.05, 4.69) is 17.3 Å². The van der Waals surface area contributed by atoms with E-state index in [1.54, 1.807) is 0 Å². The van der Waals surface area contributed by atoms with E-state index in [4.69, 9.17) is 0 Å². The Hall–Kier alpha value is -1.00. The second-order valence-corrected chi connectivity index (χ2v) is 5.36. The average Bonchev–Trinajstić information content (AvgIpc) is 2.35. The van der Waals surface area contributed by atoms with Crippen molar-refractivity contribution in [2.24, 2.45) is 0 Å². The van der Waals surface area contributed by atoms with Crippen molar-refractivity contribution in [1.82, 2.24) is 10.2 Å². The highest BCUT2D eigenvalue weighted by Crippen LogP contribution is 2.14. The second kappa shape index (κ2) is 6.96. The summed E-state index contributed by atoms with van der Waals surface area (Å²) in [4.78, 5) is 2.39. The van der Waals surface area contributed by atoms with Crippen molar-refractivity contribution in [3.05, 3.63) is 35.4 Å². The van der Waals surface area contributed by atoms with E-state index in [0.29, 0.717) is 18.0 Å². The molecule has 0 aliphatic carbocycles. The normalized spacial score (nSPS) is 20.7. The summed E-state index contributed by atoms with van der Waals surface area (Å²) < 4.78 is 26.0. The van der Waals surface area contributed by atoms with Crippen LogP contribution in [0, 0.1) is 11.6 Å². The summed E-state index contributed by atoms with van der Waals surface area (Å²) in [6, 6.07) is 4.31. The van der Waals surface area contributed by atoms with E-state index in [9.17, 15) is 8.78 Å². The molecule has 1 heterocycles. The first-order chi connectivity index (χ1) is 9.15. The summed E-state index contributed by atoms with van der Waals surface area (Å²) in [6.45, 7) is 2.88. The molecule has 0 aromatic heterocycles. The lowest BCUT2D eigenvalue weighted by molar-refractivity contribution is 0.182. The van der Waals surface area contributed by atoms with Gasteiger partial charge >= 0.3 is 0 Å². The Morgan fingerprint density at radius 1 is 1.21 bits per heavy atom. The minimum atomic E-state index is -0.498. The molecule has 1 aliphatic rings. The molecule has 19 heavy (non-hydrogen) atoms. The molecule has 0 radical (unpaired) electrons.